The van der Waals surface area contributed by atoms with E-state index in [1.807, 2.05) is 29.6 Å². The van der Waals surface area contributed by atoms with Crippen molar-refractivity contribution in [2.45, 2.75) is 6.42 Å². The zero-order chi connectivity index (χ0) is 12.8. The molecule has 94 valence electrons. The molecule has 2 rings (SSSR count). The molecule has 2 aromatic rings. The molecule has 1 heterocycles. The van der Waals surface area contributed by atoms with Crippen LogP contribution in [0.3, 0.4) is 0 Å². The lowest BCUT2D eigenvalue weighted by atomic mass is 10.3. The van der Waals surface area contributed by atoms with E-state index in [1.165, 1.54) is 4.88 Å². The van der Waals surface area contributed by atoms with Crippen LogP contribution < -0.4 is 4.74 Å². The van der Waals surface area contributed by atoms with Crippen LogP contribution in [0.5, 0.6) is 5.75 Å². The van der Waals surface area contributed by atoms with E-state index in [-0.39, 0.29) is 6.09 Å². The molecular formula is C14H15NO2S. The van der Waals surface area contributed by atoms with Crippen LogP contribution >= 0.6 is 11.3 Å². The van der Waals surface area contributed by atoms with Crippen LogP contribution in [0.25, 0.3) is 0 Å². The number of benzene rings is 1. The SMILES string of the molecule is CN(CCc1cccs1)C(=O)Oc1ccccc1. The third-order valence-corrected chi connectivity index (χ3v) is 3.47. The van der Waals surface area contributed by atoms with Crippen LogP contribution in [-0.2, 0) is 6.42 Å². The molecular weight excluding hydrogens is 246 g/mol. The summed E-state index contributed by atoms with van der Waals surface area (Å²) < 4.78 is 5.24. The highest BCUT2D eigenvalue weighted by molar-refractivity contribution is 7.09. The van der Waals surface area contributed by atoms with Gasteiger partial charge in [-0.1, -0.05) is 24.3 Å². The lowest BCUT2D eigenvalue weighted by Crippen LogP contribution is -2.31. The maximum absolute atomic E-state index is 11.8. The fraction of sp³-hybridized carbons (Fsp3) is 0.214. The number of amides is 1. The molecule has 0 N–H and O–H groups in total. The summed E-state index contributed by atoms with van der Waals surface area (Å²) in [5.41, 5.74) is 0. The fourth-order valence-electron chi connectivity index (χ4n) is 1.49. The Morgan fingerprint density at radius 1 is 1.22 bits per heavy atom. The van der Waals surface area contributed by atoms with Crippen LogP contribution in [-0.4, -0.2) is 24.6 Å². The predicted octanol–water partition coefficient (Wildman–Crippen LogP) is 3.42. The topological polar surface area (TPSA) is 29.5 Å². The molecule has 0 radical (unpaired) electrons. The largest absolute Gasteiger partial charge is 0.414 e. The van der Waals surface area contributed by atoms with Crippen molar-refractivity contribution in [2.75, 3.05) is 13.6 Å². The Hall–Kier alpha value is -1.81. The average Bonchev–Trinajstić information content (AvgIpc) is 2.90. The maximum Gasteiger partial charge on any atom is 0.414 e. The van der Waals surface area contributed by atoms with E-state index in [9.17, 15) is 4.79 Å². The summed E-state index contributed by atoms with van der Waals surface area (Å²) in [6.45, 7) is 0.659. The second-order valence-corrected chi connectivity index (χ2v) is 4.96. The number of carbonyl (C=O) groups excluding carboxylic acids is 1. The number of hydrogen-bond donors (Lipinski definition) is 0. The Labute approximate surface area is 111 Å². The van der Waals surface area contributed by atoms with Crippen LogP contribution in [0.15, 0.2) is 47.8 Å². The molecule has 0 saturated heterocycles. The zero-order valence-electron chi connectivity index (χ0n) is 10.2. The van der Waals surface area contributed by atoms with Gasteiger partial charge in [-0.25, -0.2) is 4.79 Å². The van der Waals surface area contributed by atoms with Crippen molar-refractivity contribution in [2.24, 2.45) is 0 Å². The van der Waals surface area contributed by atoms with Gasteiger partial charge in [-0.3, -0.25) is 0 Å². The number of nitrogens with zero attached hydrogens (tertiary/aromatic N) is 1. The first kappa shape index (κ1) is 12.6. The molecule has 18 heavy (non-hydrogen) atoms. The molecule has 3 nitrogen and oxygen atoms in total. The lowest BCUT2D eigenvalue weighted by molar-refractivity contribution is 0.163. The minimum absolute atomic E-state index is 0.322. The summed E-state index contributed by atoms with van der Waals surface area (Å²) in [7, 11) is 1.75. The first-order chi connectivity index (χ1) is 8.75. The molecule has 0 aliphatic heterocycles. The summed E-state index contributed by atoms with van der Waals surface area (Å²) in [5.74, 6) is 0.575. The van der Waals surface area contributed by atoms with Crippen molar-refractivity contribution >= 4 is 17.4 Å². The van der Waals surface area contributed by atoms with Crippen LogP contribution in [0.4, 0.5) is 4.79 Å². The number of rotatable bonds is 4. The Morgan fingerprint density at radius 2 is 2.00 bits per heavy atom. The van der Waals surface area contributed by atoms with E-state index in [4.69, 9.17) is 4.74 Å². The summed E-state index contributed by atoms with van der Waals surface area (Å²) in [4.78, 5) is 14.6. The quantitative estimate of drug-likeness (QED) is 0.844. The third kappa shape index (κ3) is 3.60. The number of carbonyl (C=O) groups is 1. The van der Waals surface area contributed by atoms with Gasteiger partial charge in [-0.05, 0) is 30.0 Å². The van der Waals surface area contributed by atoms with Crippen LogP contribution in [0.2, 0.25) is 0 Å². The fourth-order valence-corrected chi connectivity index (χ4v) is 2.19. The molecule has 1 amide bonds. The van der Waals surface area contributed by atoms with Gasteiger partial charge < -0.3 is 9.64 Å². The molecule has 0 fully saturated rings. The molecule has 0 unspecified atom stereocenters. The molecule has 0 spiro atoms. The Balaban J connectivity index is 1.82. The van der Waals surface area contributed by atoms with E-state index in [2.05, 4.69) is 6.07 Å². The zero-order valence-corrected chi connectivity index (χ0v) is 11.0. The molecule has 0 bridgehead atoms. The average molecular weight is 261 g/mol. The van der Waals surface area contributed by atoms with Crippen molar-refractivity contribution in [3.63, 3.8) is 0 Å². The van der Waals surface area contributed by atoms with Gasteiger partial charge in [0.15, 0.2) is 0 Å². The van der Waals surface area contributed by atoms with E-state index in [0.717, 1.165) is 6.42 Å². The number of hydrogen-bond acceptors (Lipinski definition) is 3. The summed E-state index contributed by atoms with van der Waals surface area (Å²) in [6.07, 6.45) is 0.538. The standard InChI is InChI=1S/C14H15NO2S/c1-15(10-9-13-8-5-11-18-13)14(16)17-12-6-3-2-4-7-12/h2-8,11H,9-10H2,1H3. The second-order valence-electron chi connectivity index (χ2n) is 3.93. The minimum atomic E-state index is -0.322. The maximum atomic E-state index is 11.8. The van der Waals surface area contributed by atoms with E-state index < -0.39 is 0 Å². The van der Waals surface area contributed by atoms with E-state index >= 15 is 0 Å². The van der Waals surface area contributed by atoms with E-state index in [1.54, 1.807) is 35.4 Å². The number of likely N-dealkylation sites (N-methyl/N-ethyl adjacent to an activating group) is 1. The van der Waals surface area contributed by atoms with Crippen molar-refractivity contribution < 1.29 is 9.53 Å². The molecule has 0 aliphatic rings. The highest BCUT2D eigenvalue weighted by Crippen LogP contribution is 2.12. The number of thiophene rings is 1. The van der Waals surface area contributed by atoms with Gasteiger partial charge in [-0.15, -0.1) is 11.3 Å². The van der Waals surface area contributed by atoms with Gasteiger partial charge in [0, 0.05) is 18.5 Å². The first-order valence-corrected chi connectivity index (χ1v) is 6.64. The molecule has 0 aliphatic carbocycles. The molecule has 1 aromatic heterocycles. The molecule has 0 saturated carbocycles. The van der Waals surface area contributed by atoms with Gasteiger partial charge in [0.25, 0.3) is 0 Å². The Bertz CT molecular complexity index is 482. The van der Waals surface area contributed by atoms with Gasteiger partial charge >= 0.3 is 6.09 Å². The van der Waals surface area contributed by atoms with Crippen molar-refractivity contribution in [1.82, 2.24) is 4.90 Å². The van der Waals surface area contributed by atoms with Crippen LogP contribution in [0.1, 0.15) is 4.88 Å². The monoisotopic (exact) mass is 261 g/mol. The van der Waals surface area contributed by atoms with Gasteiger partial charge in [0.05, 0.1) is 0 Å². The third-order valence-electron chi connectivity index (χ3n) is 2.53. The van der Waals surface area contributed by atoms with Crippen molar-refractivity contribution in [3.05, 3.63) is 52.7 Å². The Kier molecular flexibility index (Phi) is 4.36. The summed E-state index contributed by atoms with van der Waals surface area (Å²) in [6, 6.07) is 13.2. The smallest absolute Gasteiger partial charge is 0.410 e. The molecule has 4 heteroatoms. The number of para-hydroxylation sites is 1. The molecule has 1 aromatic carbocycles. The minimum Gasteiger partial charge on any atom is -0.410 e. The predicted molar refractivity (Wildman–Crippen MR) is 73.1 cm³/mol. The van der Waals surface area contributed by atoms with Gasteiger partial charge in [0.1, 0.15) is 5.75 Å². The highest BCUT2D eigenvalue weighted by Gasteiger charge is 2.10. The van der Waals surface area contributed by atoms with Crippen molar-refractivity contribution in [1.29, 1.82) is 0 Å². The number of ether oxygens (including phenoxy) is 1. The van der Waals surface area contributed by atoms with Gasteiger partial charge in [-0.2, -0.15) is 0 Å². The van der Waals surface area contributed by atoms with Crippen molar-refractivity contribution in [3.8, 4) is 5.75 Å². The Morgan fingerprint density at radius 3 is 2.67 bits per heavy atom. The van der Waals surface area contributed by atoms with Crippen LogP contribution in [0, 0.1) is 0 Å². The normalized spacial score (nSPS) is 10.1. The molecule has 0 atom stereocenters. The highest BCUT2D eigenvalue weighted by atomic mass is 32.1. The second kappa shape index (κ2) is 6.21. The van der Waals surface area contributed by atoms with E-state index in [0.29, 0.717) is 12.3 Å². The summed E-state index contributed by atoms with van der Waals surface area (Å²) in [5, 5.41) is 2.04. The first-order valence-electron chi connectivity index (χ1n) is 5.76. The lowest BCUT2D eigenvalue weighted by Gasteiger charge is -2.16. The van der Waals surface area contributed by atoms with Gasteiger partial charge in [0.2, 0.25) is 0 Å². The summed E-state index contributed by atoms with van der Waals surface area (Å²) >= 11 is 1.70.